The van der Waals surface area contributed by atoms with Gasteiger partial charge in [0.05, 0.1) is 0 Å². The van der Waals surface area contributed by atoms with E-state index in [9.17, 15) is 4.79 Å². The summed E-state index contributed by atoms with van der Waals surface area (Å²) in [5.74, 6) is 1.11. The zero-order valence-corrected chi connectivity index (χ0v) is 18.2. The molecule has 0 bridgehead atoms. The van der Waals surface area contributed by atoms with Gasteiger partial charge >= 0.3 is 0 Å². The van der Waals surface area contributed by atoms with Crippen LogP contribution in [0.15, 0.2) is 75.7 Å². The van der Waals surface area contributed by atoms with Crippen molar-refractivity contribution >= 4 is 33.7 Å². The highest BCUT2D eigenvalue weighted by atomic mass is 79.9. The molecule has 1 N–H and O–H groups in total. The molecule has 0 saturated carbocycles. The van der Waals surface area contributed by atoms with Crippen LogP contribution in [0.4, 0.5) is 5.82 Å². The van der Waals surface area contributed by atoms with Gasteiger partial charge in [0.15, 0.2) is 11.6 Å². The SMILES string of the molecule is O=C(Nc1cc(-c2cccc(Br)c2)on1)C1CCN(C/C=C/c2ccccc2)CC1. The van der Waals surface area contributed by atoms with Crippen LogP contribution >= 0.6 is 15.9 Å². The van der Waals surface area contributed by atoms with Gasteiger partial charge in [0, 0.05) is 28.6 Å². The molecule has 5 nitrogen and oxygen atoms in total. The Bertz CT molecular complexity index is 1010. The summed E-state index contributed by atoms with van der Waals surface area (Å²) < 4.78 is 6.36. The Morgan fingerprint density at radius 2 is 1.93 bits per heavy atom. The maximum absolute atomic E-state index is 12.6. The molecule has 1 aromatic heterocycles. The molecular formula is C24H24BrN3O2. The van der Waals surface area contributed by atoms with Crippen molar-refractivity contribution in [3.05, 3.63) is 76.8 Å². The lowest BCUT2D eigenvalue weighted by Crippen LogP contribution is -2.38. The van der Waals surface area contributed by atoms with E-state index < -0.39 is 0 Å². The predicted octanol–water partition coefficient (Wildman–Crippen LogP) is 5.47. The number of aromatic nitrogens is 1. The number of hydrogen-bond donors (Lipinski definition) is 1. The minimum absolute atomic E-state index is 0.00497. The molecule has 0 atom stereocenters. The molecule has 0 unspecified atom stereocenters. The Hall–Kier alpha value is -2.70. The van der Waals surface area contributed by atoms with Crippen LogP contribution in [0.25, 0.3) is 17.4 Å². The summed E-state index contributed by atoms with van der Waals surface area (Å²) in [6, 6.07) is 19.8. The average Bonchev–Trinajstić information content (AvgIpc) is 3.23. The average molecular weight is 466 g/mol. The van der Waals surface area contributed by atoms with Gasteiger partial charge in [-0.1, -0.05) is 75.7 Å². The molecule has 4 rings (SSSR count). The first kappa shape index (κ1) is 20.6. The first-order chi connectivity index (χ1) is 14.7. The third kappa shape index (κ3) is 5.46. The number of halogens is 1. The van der Waals surface area contributed by atoms with Crippen molar-refractivity contribution in [1.29, 1.82) is 0 Å². The van der Waals surface area contributed by atoms with Crippen LogP contribution in [-0.4, -0.2) is 35.6 Å². The maximum atomic E-state index is 12.6. The molecule has 1 aliphatic heterocycles. The highest BCUT2D eigenvalue weighted by molar-refractivity contribution is 9.10. The quantitative estimate of drug-likeness (QED) is 0.524. The van der Waals surface area contributed by atoms with Crippen molar-refractivity contribution in [3.63, 3.8) is 0 Å². The maximum Gasteiger partial charge on any atom is 0.228 e. The smallest absolute Gasteiger partial charge is 0.228 e. The third-order valence-electron chi connectivity index (χ3n) is 5.30. The second-order valence-electron chi connectivity index (χ2n) is 7.46. The number of anilines is 1. The van der Waals surface area contributed by atoms with Crippen molar-refractivity contribution < 1.29 is 9.32 Å². The fourth-order valence-electron chi connectivity index (χ4n) is 3.62. The molecule has 154 valence electrons. The summed E-state index contributed by atoms with van der Waals surface area (Å²) >= 11 is 3.45. The van der Waals surface area contributed by atoms with Crippen LogP contribution < -0.4 is 5.32 Å². The van der Waals surface area contributed by atoms with Crippen LogP contribution in [-0.2, 0) is 4.79 Å². The minimum Gasteiger partial charge on any atom is -0.354 e. The van der Waals surface area contributed by atoms with Crippen LogP contribution in [0.3, 0.4) is 0 Å². The number of nitrogens with one attached hydrogen (secondary N) is 1. The van der Waals surface area contributed by atoms with E-state index in [1.165, 1.54) is 5.56 Å². The van der Waals surface area contributed by atoms with E-state index in [1.807, 2.05) is 42.5 Å². The van der Waals surface area contributed by atoms with E-state index in [1.54, 1.807) is 6.07 Å². The van der Waals surface area contributed by atoms with Crippen molar-refractivity contribution in [3.8, 4) is 11.3 Å². The molecule has 0 spiro atoms. The summed E-state index contributed by atoms with van der Waals surface area (Å²) in [6.07, 6.45) is 6.03. The number of amides is 1. The van der Waals surface area contributed by atoms with Gasteiger partial charge in [0.1, 0.15) is 0 Å². The molecule has 1 amide bonds. The van der Waals surface area contributed by atoms with Gasteiger partial charge in [-0.15, -0.1) is 0 Å². The highest BCUT2D eigenvalue weighted by Gasteiger charge is 2.25. The van der Waals surface area contributed by atoms with Crippen molar-refractivity contribution in [2.75, 3.05) is 25.0 Å². The lowest BCUT2D eigenvalue weighted by molar-refractivity contribution is -0.121. The Kier molecular flexibility index (Phi) is 6.77. The van der Waals surface area contributed by atoms with Gasteiger partial charge in [-0.25, -0.2) is 0 Å². The van der Waals surface area contributed by atoms with Gasteiger partial charge in [0.2, 0.25) is 5.91 Å². The number of carbonyl (C=O) groups is 1. The first-order valence-corrected chi connectivity index (χ1v) is 10.9. The number of piperidine rings is 1. The number of nitrogens with zero attached hydrogens (tertiary/aromatic N) is 2. The van der Waals surface area contributed by atoms with Crippen LogP contribution in [0.2, 0.25) is 0 Å². The molecular weight excluding hydrogens is 442 g/mol. The number of hydrogen-bond acceptors (Lipinski definition) is 4. The Balaban J connectivity index is 1.25. The summed E-state index contributed by atoms with van der Waals surface area (Å²) in [4.78, 5) is 15.0. The molecule has 1 aliphatic rings. The van der Waals surface area contributed by atoms with E-state index in [2.05, 4.69) is 55.6 Å². The topological polar surface area (TPSA) is 58.4 Å². The van der Waals surface area contributed by atoms with Gasteiger partial charge in [-0.2, -0.15) is 0 Å². The zero-order chi connectivity index (χ0) is 20.8. The number of carbonyl (C=O) groups excluding carboxylic acids is 1. The number of likely N-dealkylation sites (tertiary alicyclic amines) is 1. The van der Waals surface area contributed by atoms with Crippen LogP contribution in [0.1, 0.15) is 18.4 Å². The van der Waals surface area contributed by atoms with Crippen LogP contribution in [0.5, 0.6) is 0 Å². The molecule has 1 fully saturated rings. The summed E-state index contributed by atoms with van der Waals surface area (Å²) in [5.41, 5.74) is 2.12. The Labute approximate surface area is 184 Å². The zero-order valence-electron chi connectivity index (χ0n) is 16.6. The largest absolute Gasteiger partial charge is 0.354 e. The van der Waals surface area contributed by atoms with Gasteiger partial charge in [-0.3, -0.25) is 9.69 Å². The Morgan fingerprint density at radius 1 is 1.13 bits per heavy atom. The molecule has 6 heteroatoms. The van der Waals surface area contributed by atoms with E-state index >= 15 is 0 Å². The second-order valence-corrected chi connectivity index (χ2v) is 8.38. The monoisotopic (exact) mass is 465 g/mol. The lowest BCUT2D eigenvalue weighted by Gasteiger charge is -2.30. The molecule has 30 heavy (non-hydrogen) atoms. The van der Waals surface area contributed by atoms with E-state index in [0.717, 1.165) is 42.5 Å². The predicted molar refractivity (Wildman–Crippen MR) is 123 cm³/mol. The third-order valence-corrected chi connectivity index (χ3v) is 5.80. The molecule has 0 aliphatic carbocycles. The van der Waals surface area contributed by atoms with Crippen molar-refractivity contribution in [2.24, 2.45) is 5.92 Å². The van der Waals surface area contributed by atoms with Crippen LogP contribution in [0, 0.1) is 5.92 Å². The first-order valence-electron chi connectivity index (χ1n) is 10.1. The normalized spacial score (nSPS) is 15.5. The number of rotatable bonds is 6. The van der Waals surface area contributed by atoms with Crippen molar-refractivity contribution in [2.45, 2.75) is 12.8 Å². The summed E-state index contributed by atoms with van der Waals surface area (Å²) in [5, 5.41) is 6.91. The van der Waals surface area contributed by atoms with E-state index in [4.69, 9.17) is 4.52 Å². The molecule has 2 aromatic carbocycles. The standard InChI is InChI=1S/C24H24BrN3O2/c25-21-10-4-9-20(16-21)22-17-23(27-30-22)26-24(29)19-11-14-28(15-12-19)13-5-8-18-6-2-1-3-7-18/h1-10,16-17,19H,11-15H2,(H,26,27,29)/b8-5+. The fraction of sp³-hybridized carbons (Fsp3) is 0.250. The molecule has 2 heterocycles. The highest BCUT2D eigenvalue weighted by Crippen LogP contribution is 2.26. The summed E-state index contributed by atoms with van der Waals surface area (Å²) in [7, 11) is 0. The number of benzene rings is 2. The molecule has 1 saturated heterocycles. The lowest BCUT2D eigenvalue weighted by atomic mass is 9.96. The van der Waals surface area contributed by atoms with Gasteiger partial charge in [-0.05, 0) is 43.6 Å². The van der Waals surface area contributed by atoms with Gasteiger partial charge in [0.25, 0.3) is 0 Å². The second kappa shape index (κ2) is 9.87. The molecule has 0 radical (unpaired) electrons. The minimum atomic E-state index is 0.00497. The van der Waals surface area contributed by atoms with Crippen molar-refractivity contribution in [1.82, 2.24) is 10.1 Å². The van der Waals surface area contributed by atoms with E-state index in [0.29, 0.717) is 11.6 Å². The summed E-state index contributed by atoms with van der Waals surface area (Å²) in [6.45, 7) is 2.74. The van der Waals surface area contributed by atoms with E-state index in [-0.39, 0.29) is 11.8 Å². The van der Waals surface area contributed by atoms with Gasteiger partial charge < -0.3 is 9.84 Å². The Morgan fingerprint density at radius 3 is 2.70 bits per heavy atom. The molecule has 3 aromatic rings. The fourth-order valence-corrected chi connectivity index (χ4v) is 4.02.